The lowest BCUT2D eigenvalue weighted by Gasteiger charge is -2.17. The van der Waals surface area contributed by atoms with Crippen LogP contribution >= 0.6 is 0 Å². The first-order valence-corrected chi connectivity index (χ1v) is 21.9. The highest BCUT2D eigenvalue weighted by Crippen LogP contribution is 2.21. The predicted molar refractivity (Wildman–Crippen MR) is 207 cm³/mol. The summed E-state index contributed by atoms with van der Waals surface area (Å²) in [6, 6.07) is 0. The summed E-state index contributed by atoms with van der Waals surface area (Å²) in [6.07, 6.45) is 51.9. The van der Waals surface area contributed by atoms with E-state index in [0.29, 0.717) is 0 Å². The van der Waals surface area contributed by atoms with Crippen LogP contribution in [-0.4, -0.2) is 13.2 Å². The fourth-order valence-electron chi connectivity index (χ4n) is 7.32. The average molecular weight is 635 g/mol. The molecule has 0 rings (SSSR count). The van der Waals surface area contributed by atoms with Gasteiger partial charge in [0.25, 0.3) is 0 Å². The fourth-order valence-corrected chi connectivity index (χ4v) is 7.32. The van der Waals surface area contributed by atoms with Gasteiger partial charge in [0.2, 0.25) is 0 Å². The highest BCUT2D eigenvalue weighted by molar-refractivity contribution is 4.61. The summed E-state index contributed by atoms with van der Waals surface area (Å²) in [5.41, 5.74) is 0. The van der Waals surface area contributed by atoms with Gasteiger partial charge < -0.3 is 4.74 Å². The highest BCUT2D eigenvalue weighted by Gasteiger charge is 2.09. The smallest absolute Gasteiger partial charge is 0.0468 e. The van der Waals surface area contributed by atoms with Crippen molar-refractivity contribution in [1.82, 2.24) is 0 Å². The van der Waals surface area contributed by atoms with Crippen molar-refractivity contribution in [3.63, 3.8) is 0 Å². The highest BCUT2D eigenvalue weighted by atomic mass is 16.5. The van der Waals surface area contributed by atoms with E-state index in [1.807, 2.05) is 0 Å². The van der Waals surface area contributed by atoms with E-state index in [4.69, 9.17) is 4.74 Å². The lowest BCUT2D eigenvalue weighted by molar-refractivity contribution is 0.103. The minimum atomic E-state index is 0.884. The largest absolute Gasteiger partial charge is 0.381 e. The Morgan fingerprint density at radius 1 is 0.267 bits per heavy atom. The Hall–Kier alpha value is -0.0400. The average Bonchev–Trinajstić information content (AvgIpc) is 3.06. The normalized spacial score (nSPS) is 13.1. The van der Waals surface area contributed by atoms with E-state index in [9.17, 15) is 0 Å². The Morgan fingerprint density at radius 3 is 0.711 bits per heavy atom. The summed E-state index contributed by atoms with van der Waals surface area (Å²) in [6.45, 7) is 11.4. The molecular formula is C44H90O. The van der Waals surface area contributed by atoms with Crippen molar-refractivity contribution in [2.75, 3.05) is 13.2 Å². The van der Waals surface area contributed by atoms with Crippen LogP contribution in [0.15, 0.2) is 0 Å². The van der Waals surface area contributed by atoms with Gasteiger partial charge >= 0.3 is 0 Å². The molecule has 1 heteroatoms. The Balaban J connectivity index is 3.45. The van der Waals surface area contributed by atoms with Gasteiger partial charge in [0.1, 0.15) is 0 Å². The molecule has 0 aliphatic rings. The summed E-state index contributed by atoms with van der Waals surface area (Å²) in [7, 11) is 0. The minimum absolute atomic E-state index is 0.884. The fraction of sp³-hybridized carbons (Fsp3) is 1.00. The maximum atomic E-state index is 6.16. The molecule has 0 aromatic rings. The molecule has 0 aliphatic carbocycles. The maximum Gasteiger partial charge on any atom is 0.0468 e. The third-order valence-electron chi connectivity index (χ3n) is 10.9. The minimum Gasteiger partial charge on any atom is -0.381 e. The quantitative estimate of drug-likeness (QED) is 0.0609. The zero-order chi connectivity index (χ0) is 32.7. The third kappa shape index (κ3) is 36.6. The van der Waals surface area contributed by atoms with Gasteiger partial charge in [-0.2, -0.15) is 0 Å². The molecule has 0 radical (unpaired) electrons. The van der Waals surface area contributed by atoms with Crippen LogP contribution in [0.2, 0.25) is 0 Å². The number of hydrogen-bond acceptors (Lipinski definition) is 1. The van der Waals surface area contributed by atoms with E-state index in [-0.39, 0.29) is 0 Å². The van der Waals surface area contributed by atoms with E-state index < -0.39 is 0 Å². The molecule has 0 saturated heterocycles. The van der Waals surface area contributed by atoms with Crippen LogP contribution in [0.4, 0.5) is 0 Å². The standard InChI is InChI=1S/C44H90O/c1-5-9-11-13-15-17-19-21-23-25-27-29-31-33-35-37-43(7-3)39-41-45-42-40-44(8-4)38-36-34-32-30-28-26-24-22-20-18-16-14-12-10-6-2/h43-44H,5-42H2,1-4H3. The van der Waals surface area contributed by atoms with E-state index in [0.717, 1.165) is 25.0 Å². The Labute approximate surface area is 288 Å². The van der Waals surface area contributed by atoms with Crippen molar-refractivity contribution in [2.45, 2.75) is 259 Å². The summed E-state index contributed by atoms with van der Waals surface area (Å²) in [5, 5.41) is 0. The number of rotatable bonds is 40. The molecule has 0 aromatic carbocycles. The summed E-state index contributed by atoms with van der Waals surface area (Å²) in [4.78, 5) is 0. The summed E-state index contributed by atoms with van der Waals surface area (Å²) >= 11 is 0. The molecule has 0 amide bonds. The second-order valence-electron chi connectivity index (χ2n) is 15.2. The first-order chi connectivity index (χ1) is 22.3. The van der Waals surface area contributed by atoms with Crippen LogP contribution in [0, 0.1) is 11.8 Å². The molecule has 0 spiro atoms. The first kappa shape index (κ1) is 45.0. The van der Waals surface area contributed by atoms with Gasteiger partial charge in [0, 0.05) is 13.2 Å². The van der Waals surface area contributed by atoms with Gasteiger partial charge in [0.05, 0.1) is 0 Å². The van der Waals surface area contributed by atoms with Crippen molar-refractivity contribution >= 4 is 0 Å². The van der Waals surface area contributed by atoms with Gasteiger partial charge in [-0.25, -0.2) is 0 Å². The lowest BCUT2D eigenvalue weighted by Crippen LogP contribution is -2.08. The Bertz CT molecular complexity index is 457. The van der Waals surface area contributed by atoms with Crippen LogP contribution in [0.25, 0.3) is 0 Å². The maximum absolute atomic E-state index is 6.16. The molecule has 2 atom stereocenters. The van der Waals surface area contributed by atoms with E-state index in [1.54, 1.807) is 0 Å². The second kappa shape index (κ2) is 40.1. The van der Waals surface area contributed by atoms with E-state index in [1.165, 1.54) is 231 Å². The van der Waals surface area contributed by atoms with Gasteiger partial charge in [-0.15, -0.1) is 0 Å². The molecular weight excluding hydrogens is 544 g/mol. The number of hydrogen-bond donors (Lipinski definition) is 0. The topological polar surface area (TPSA) is 9.23 Å². The van der Waals surface area contributed by atoms with Gasteiger partial charge in [-0.3, -0.25) is 0 Å². The van der Waals surface area contributed by atoms with E-state index >= 15 is 0 Å². The lowest BCUT2D eigenvalue weighted by atomic mass is 9.94. The van der Waals surface area contributed by atoms with E-state index in [2.05, 4.69) is 27.7 Å². The zero-order valence-corrected chi connectivity index (χ0v) is 32.4. The van der Waals surface area contributed by atoms with Crippen molar-refractivity contribution in [2.24, 2.45) is 11.8 Å². The van der Waals surface area contributed by atoms with Crippen molar-refractivity contribution in [3.05, 3.63) is 0 Å². The molecule has 0 heterocycles. The van der Waals surface area contributed by atoms with Crippen molar-refractivity contribution in [1.29, 1.82) is 0 Å². The number of unbranched alkanes of at least 4 members (excludes halogenated alkanes) is 28. The van der Waals surface area contributed by atoms with Crippen LogP contribution in [0.1, 0.15) is 259 Å². The molecule has 0 bridgehead atoms. The van der Waals surface area contributed by atoms with Gasteiger partial charge in [-0.1, -0.05) is 246 Å². The van der Waals surface area contributed by atoms with Crippen LogP contribution < -0.4 is 0 Å². The molecule has 272 valence electrons. The SMILES string of the molecule is CCCCCCCCCCCCCCCCCC(CC)CCOCCC(CC)CCCCCCCCCCCCCCCCC. The monoisotopic (exact) mass is 635 g/mol. The van der Waals surface area contributed by atoms with Crippen LogP contribution in [-0.2, 0) is 4.74 Å². The Morgan fingerprint density at radius 2 is 0.489 bits per heavy atom. The first-order valence-electron chi connectivity index (χ1n) is 21.9. The second-order valence-corrected chi connectivity index (χ2v) is 15.2. The molecule has 2 unspecified atom stereocenters. The van der Waals surface area contributed by atoms with Crippen molar-refractivity contribution in [3.8, 4) is 0 Å². The molecule has 1 nitrogen and oxygen atoms in total. The molecule has 0 N–H and O–H groups in total. The Kier molecular flexibility index (Phi) is 40.1. The molecule has 45 heavy (non-hydrogen) atoms. The molecule has 0 fully saturated rings. The molecule has 0 aliphatic heterocycles. The zero-order valence-electron chi connectivity index (χ0n) is 32.4. The van der Waals surface area contributed by atoms with Crippen molar-refractivity contribution < 1.29 is 4.74 Å². The molecule has 0 saturated carbocycles. The third-order valence-corrected chi connectivity index (χ3v) is 10.9. The number of ether oxygens (including phenoxy) is 1. The van der Waals surface area contributed by atoms with Crippen LogP contribution in [0.3, 0.4) is 0 Å². The molecule has 0 aromatic heterocycles. The predicted octanol–water partition coefficient (Wildman–Crippen LogP) is 16.4. The van der Waals surface area contributed by atoms with Gasteiger partial charge in [-0.05, 0) is 24.7 Å². The summed E-state index contributed by atoms with van der Waals surface area (Å²) < 4.78 is 6.16. The van der Waals surface area contributed by atoms with Gasteiger partial charge in [0.15, 0.2) is 0 Å². The summed E-state index contributed by atoms with van der Waals surface area (Å²) in [5.74, 6) is 1.77. The van der Waals surface area contributed by atoms with Crippen LogP contribution in [0.5, 0.6) is 0 Å².